The first-order valence-electron chi connectivity index (χ1n) is 6.85. The molecule has 6 nitrogen and oxygen atoms in total. The van der Waals surface area contributed by atoms with Gasteiger partial charge in [0.05, 0.1) is 6.54 Å². The van der Waals surface area contributed by atoms with Crippen LogP contribution in [0.5, 0.6) is 0 Å². The van der Waals surface area contributed by atoms with Crippen LogP contribution in [0.4, 0.5) is 4.39 Å². The normalized spacial score (nSPS) is 11.8. The zero-order chi connectivity index (χ0) is 16.7. The first-order valence-corrected chi connectivity index (χ1v) is 6.85. The summed E-state index contributed by atoms with van der Waals surface area (Å²) < 4.78 is 12.7. The molecule has 0 aliphatic carbocycles. The summed E-state index contributed by atoms with van der Waals surface area (Å²) >= 11 is 0. The molecule has 0 aromatic heterocycles. The molecule has 0 spiro atoms. The molecule has 7 heteroatoms. The molecule has 0 radical (unpaired) electrons. The van der Waals surface area contributed by atoms with Crippen LogP contribution < -0.4 is 10.6 Å². The quantitative estimate of drug-likeness (QED) is 0.704. The Hall–Kier alpha value is -2.44. The largest absolute Gasteiger partial charge is 0.480 e. The van der Waals surface area contributed by atoms with Crippen LogP contribution in [0.2, 0.25) is 0 Å². The Balaban J connectivity index is 2.49. The number of halogens is 1. The molecule has 1 atom stereocenters. The van der Waals surface area contributed by atoms with Gasteiger partial charge in [-0.2, -0.15) is 0 Å². The van der Waals surface area contributed by atoms with E-state index in [1.54, 1.807) is 0 Å². The summed E-state index contributed by atoms with van der Waals surface area (Å²) in [4.78, 5) is 34.4. The molecule has 120 valence electrons. The number of carbonyl (C=O) groups excluding carboxylic acids is 2. The lowest BCUT2D eigenvalue weighted by atomic mass is 10.0. The number of carbonyl (C=O) groups is 3. The van der Waals surface area contributed by atoms with Crippen LogP contribution >= 0.6 is 0 Å². The van der Waals surface area contributed by atoms with E-state index in [-0.39, 0.29) is 18.0 Å². The number of hydrogen-bond donors (Lipinski definition) is 3. The predicted molar refractivity (Wildman–Crippen MR) is 77.8 cm³/mol. The van der Waals surface area contributed by atoms with E-state index in [0.29, 0.717) is 6.42 Å². The highest BCUT2D eigenvalue weighted by molar-refractivity contribution is 5.96. The number of nitrogens with one attached hydrogen (secondary N) is 2. The molecule has 1 rings (SSSR count). The topological polar surface area (TPSA) is 95.5 Å². The molecule has 0 unspecified atom stereocenters. The number of carboxylic acids is 1. The van der Waals surface area contributed by atoms with Crippen LogP contribution in [-0.4, -0.2) is 35.5 Å². The Morgan fingerprint density at radius 2 is 1.77 bits per heavy atom. The van der Waals surface area contributed by atoms with Crippen molar-refractivity contribution in [1.29, 1.82) is 0 Å². The van der Waals surface area contributed by atoms with Crippen LogP contribution in [0.3, 0.4) is 0 Å². The number of hydrogen-bond acceptors (Lipinski definition) is 3. The molecule has 0 heterocycles. The maximum Gasteiger partial charge on any atom is 0.326 e. The second-order valence-electron chi connectivity index (χ2n) is 5.28. The minimum Gasteiger partial charge on any atom is -0.480 e. The molecule has 0 fully saturated rings. The first kappa shape index (κ1) is 17.6. The SMILES string of the molecule is CC(C)C[C@H](NC(=O)CNC(=O)c1ccc(F)cc1)C(=O)O. The fraction of sp³-hybridized carbons (Fsp3) is 0.400. The van der Waals surface area contributed by atoms with Crippen molar-refractivity contribution in [2.45, 2.75) is 26.3 Å². The third-order valence-corrected chi connectivity index (χ3v) is 2.86. The van der Waals surface area contributed by atoms with Crippen molar-refractivity contribution in [3.63, 3.8) is 0 Å². The van der Waals surface area contributed by atoms with Gasteiger partial charge >= 0.3 is 5.97 Å². The van der Waals surface area contributed by atoms with Crippen LogP contribution in [0.25, 0.3) is 0 Å². The first-order chi connectivity index (χ1) is 10.3. The number of rotatable bonds is 7. The van der Waals surface area contributed by atoms with Gasteiger partial charge in [0.1, 0.15) is 11.9 Å². The fourth-order valence-corrected chi connectivity index (χ4v) is 1.80. The van der Waals surface area contributed by atoms with Crippen LogP contribution in [0.1, 0.15) is 30.6 Å². The average Bonchev–Trinajstić information content (AvgIpc) is 2.44. The average molecular weight is 310 g/mol. The summed E-state index contributed by atoms with van der Waals surface area (Å²) in [7, 11) is 0. The van der Waals surface area contributed by atoms with Gasteiger partial charge in [-0.3, -0.25) is 9.59 Å². The maximum absolute atomic E-state index is 12.7. The predicted octanol–water partition coefficient (Wildman–Crippen LogP) is 1.17. The maximum atomic E-state index is 12.7. The Labute approximate surface area is 127 Å². The van der Waals surface area contributed by atoms with Crippen LogP contribution in [-0.2, 0) is 9.59 Å². The number of aliphatic carboxylic acids is 1. The van der Waals surface area contributed by atoms with Gasteiger partial charge in [0.25, 0.3) is 5.91 Å². The Morgan fingerprint density at radius 1 is 1.18 bits per heavy atom. The van der Waals surface area contributed by atoms with Crippen molar-refractivity contribution in [2.75, 3.05) is 6.54 Å². The minimum atomic E-state index is -1.12. The van der Waals surface area contributed by atoms with E-state index < -0.39 is 29.6 Å². The third-order valence-electron chi connectivity index (χ3n) is 2.86. The monoisotopic (exact) mass is 310 g/mol. The zero-order valence-corrected chi connectivity index (χ0v) is 12.4. The molecule has 1 aromatic carbocycles. The van der Waals surface area contributed by atoms with Crippen molar-refractivity contribution < 1.29 is 23.9 Å². The molecule has 0 bridgehead atoms. The zero-order valence-electron chi connectivity index (χ0n) is 12.4. The van der Waals surface area contributed by atoms with Crippen LogP contribution in [0, 0.1) is 11.7 Å². The lowest BCUT2D eigenvalue weighted by Crippen LogP contribution is -2.46. The highest BCUT2D eigenvalue weighted by atomic mass is 19.1. The molecular weight excluding hydrogens is 291 g/mol. The molecule has 0 saturated heterocycles. The van der Waals surface area contributed by atoms with Gasteiger partial charge < -0.3 is 15.7 Å². The summed E-state index contributed by atoms with van der Waals surface area (Å²) in [5.41, 5.74) is 0.214. The van der Waals surface area contributed by atoms with Gasteiger partial charge in [0.15, 0.2) is 0 Å². The molecule has 0 aliphatic heterocycles. The second-order valence-corrected chi connectivity index (χ2v) is 5.28. The van der Waals surface area contributed by atoms with Crippen molar-refractivity contribution in [3.05, 3.63) is 35.6 Å². The molecular formula is C15H19FN2O4. The number of carboxylic acid groups (broad SMARTS) is 1. The fourth-order valence-electron chi connectivity index (χ4n) is 1.80. The van der Waals surface area contributed by atoms with Crippen molar-refractivity contribution in [3.8, 4) is 0 Å². The van der Waals surface area contributed by atoms with E-state index >= 15 is 0 Å². The van der Waals surface area contributed by atoms with E-state index in [2.05, 4.69) is 10.6 Å². The summed E-state index contributed by atoms with van der Waals surface area (Å²) in [5, 5.41) is 13.7. The van der Waals surface area contributed by atoms with Gasteiger partial charge in [-0.05, 0) is 36.6 Å². The summed E-state index contributed by atoms with van der Waals surface area (Å²) in [6.45, 7) is 3.34. The smallest absolute Gasteiger partial charge is 0.326 e. The van der Waals surface area contributed by atoms with Crippen molar-refractivity contribution >= 4 is 17.8 Å². The standard InChI is InChI=1S/C15H19FN2O4/c1-9(2)7-12(15(21)22)18-13(19)8-17-14(20)10-3-5-11(16)6-4-10/h3-6,9,12H,7-8H2,1-2H3,(H,17,20)(H,18,19)(H,21,22)/t12-/m0/s1. The van der Waals surface area contributed by atoms with E-state index in [0.717, 1.165) is 12.1 Å². The van der Waals surface area contributed by atoms with E-state index in [4.69, 9.17) is 5.11 Å². The Bertz CT molecular complexity index is 543. The minimum absolute atomic E-state index is 0.107. The van der Waals surface area contributed by atoms with Gasteiger partial charge in [-0.1, -0.05) is 13.8 Å². The second kappa shape index (κ2) is 8.11. The summed E-state index contributed by atoms with van der Waals surface area (Å²) in [6, 6.07) is 3.87. The van der Waals surface area contributed by atoms with Crippen molar-refractivity contribution in [2.24, 2.45) is 5.92 Å². The van der Waals surface area contributed by atoms with Gasteiger partial charge in [-0.15, -0.1) is 0 Å². The molecule has 3 N–H and O–H groups in total. The van der Waals surface area contributed by atoms with Crippen LogP contribution in [0.15, 0.2) is 24.3 Å². The van der Waals surface area contributed by atoms with E-state index in [1.807, 2.05) is 13.8 Å². The molecule has 0 aliphatic rings. The van der Waals surface area contributed by atoms with E-state index in [9.17, 15) is 18.8 Å². The molecule has 22 heavy (non-hydrogen) atoms. The lowest BCUT2D eigenvalue weighted by Gasteiger charge is -2.16. The van der Waals surface area contributed by atoms with Gasteiger partial charge in [-0.25, -0.2) is 9.18 Å². The number of benzene rings is 1. The molecule has 2 amide bonds. The summed E-state index contributed by atoms with van der Waals surface area (Å²) in [6.07, 6.45) is 0.299. The third kappa shape index (κ3) is 5.90. The summed E-state index contributed by atoms with van der Waals surface area (Å²) in [5.74, 6) is -2.61. The van der Waals surface area contributed by atoms with Crippen molar-refractivity contribution in [1.82, 2.24) is 10.6 Å². The number of amides is 2. The Kier molecular flexibility index (Phi) is 6.49. The highest BCUT2D eigenvalue weighted by Gasteiger charge is 2.21. The molecule has 1 aromatic rings. The molecule has 0 saturated carbocycles. The van der Waals surface area contributed by atoms with Gasteiger partial charge in [0, 0.05) is 5.56 Å². The Morgan fingerprint density at radius 3 is 2.27 bits per heavy atom. The lowest BCUT2D eigenvalue weighted by molar-refractivity contribution is -0.142. The van der Waals surface area contributed by atoms with E-state index in [1.165, 1.54) is 12.1 Å². The highest BCUT2D eigenvalue weighted by Crippen LogP contribution is 2.05. The van der Waals surface area contributed by atoms with Gasteiger partial charge in [0.2, 0.25) is 5.91 Å².